The Balaban J connectivity index is 1.75. The number of β-amino-alcohol motifs (C(OH)–C–C–N with tert-alkyl or cyclic N) is 1. The summed E-state index contributed by atoms with van der Waals surface area (Å²) in [7, 11) is 3.65. The van der Waals surface area contributed by atoms with Crippen LogP contribution in [0.5, 0.6) is 0 Å². The van der Waals surface area contributed by atoms with Crippen LogP contribution < -0.4 is 10.6 Å². The number of nitrogens with one attached hydrogen (secondary N) is 2. The number of amides is 1. The molecular formula is C21H42N6O3. The number of hydrogen-bond acceptors (Lipinski definition) is 6. The van der Waals surface area contributed by atoms with E-state index in [1.165, 1.54) is 0 Å². The zero-order chi connectivity index (χ0) is 22.0. The molecule has 2 fully saturated rings. The second-order valence-corrected chi connectivity index (χ2v) is 8.79. The number of morpholine rings is 1. The highest BCUT2D eigenvalue weighted by Crippen LogP contribution is 2.18. The Morgan fingerprint density at radius 1 is 1.27 bits per heavy atom. The van der Waals surface area contributed by atoms with E-state index in [1.54, 1.807) is 4.90 Å². The fraction of sp³-hybridized carbons (Fsp3) is 0.905. The van der Waals surface area contributed by atoms with Crippen molar-refractivity contribution in [1.82, 2.24) is 25.3 Å². The Morgan fingerprint density at radius 3 is 2.67 bits per heavy atom. The Morgan fingerprint density at radius 2 is 2.00 bits per heavy atom. The van der Waals surface area contributed by atoms with E-state index in [9.17, 15) is 9.90 Å². The molecule has 30 heavy (non-hydrogen) atoms. The first-order chi connectivity index (χ1) is 14.3. The van der Waals surface area contributed by atoms with Gasteiger partial charge in [0.05, 0.1) is 31.4 Å². The minimum Gasteiger partial charge on any atom is -0.387 e. The summed E-state index contributed by atoms with van der Waals surface area (Å²) in [5.74, 6) is 0.931. The molecular weight excluding hydrogens is 384 g/mol. The van der Waals surface area contributed by atoms with E-state index in [0.717, 1.165) is 77.7 Å². The van der Waals surface area contributed by atoms with Crippen molar-refractivity contribution in [3.8, 4) is 0 Å². The van der Waals surface area contributed by atoms with Gasteiger partial charge in [0.1, 0.15) is 0 Å². The number of hydrogen-bond donors (Lipinski definition) is 3. The van der Waals surface area contributed by atoms with Crippen molar-refractivity contribution in [2.24, 2.45) is 4.99 Å². The minimum absolute atomic E-state index is 0.0252. The van der Waals surface area contributed by atoms with Gasteiger partial charge < -0.3 is 25.4 Å². The quantitative estimate of drug-likeness (QED) is 0.248. The summed E-state index contributed by atoms with van der Waals surface area (Å²) in [4.78, 5) is 23.1. The molecule has 2 unspecified atom stereocenters. The number of likely N-dealkylation sites (N-methyl/N-ethyl adjacent to an activating group) is 1. The second kappa shape index (κ2) is 12.4. The third kappa shape index (κ3) is 8.37. The van der Waals surface area contributed by atoms with E-state index >= 15 is 0 Å². The maximum absolute atomic E-state index is 12.3. The number of carbonyl (C=O) groups is 1. The van der Waals surface area contributed by atoms with Crippen LogP contribution in [0.1, 0.15) is 33.1 Å². The van der Waals surface area contributed by atoms with E-state index in [-0.39, 0.29) is 11.9 Å². The predicted octanol–water partition coefficient (Wildman–Crippen LogP) is -0.433. The normalized spacial score (nSPS) is 23.2. The maximum atomic E-state index is 12.3. The molecule has 2 heterocycles. The predicted molar refractivity (Wildman–Crippen MR) is 120 cm³/mol. The molecule has 0 aromatic heterocycles. The van der Waals surface area contributed by atoms with E-state index < -0.39 is 5.60 Å². The van der Waals surface area contributed by atoms with Gasteiger partial charge in [-0.2, -0.15) is 0 Å². The van der Waals surface area contributed by atoms with Crippen LogP contribution in [0.4, 0.5) is 0 Å². The van der Waals surface area contributed by atoms with Gasteiger partial charge in [0.2, 0.25) is 5.91 Å². The molecule has 0 aromatic carbocycles. The molecule has 2 rings (SSSR count). The number of aliphatic hydroxyl groups is 1. The SMILES string of the molecule is CCNC(=NCC(C)(O)CN1CCOCC1)NCCCN1CCCC1C(=O)N(C)C. The number of rotatable bonds is 10. The van der Waals surface area contributed by atoms with Gasteiger partial charge in [-0.15, -0.1) is 0 Å². The summed E-state index contributed by atoms with van der Waals surface area (Å²) < 4.78 is 5.37. The van der Waals surface area contributed by atoms with Crippen LogP contribution in [0.3, 0.4) is 0 Å². The average molecular weight is 427 g/mol. The van der Waals surface area contributed by atoms with Crippen LogP contribution in [-0.4, -0.2) is 123 Å². The Labute approximate surface area is 181 Å². The van der Waals surface area contributed by atoms with Crippen molar-refractivity contribution in [1.29, 1.82) is 0 Å². The molecule has 1 amide bonds. The smallest absolute Gasteiger partial charge is 0.239 e. The van der Waals surface area contributed by atoms with Gasteiger partial charge in [0, 0.05) is 53.4 Å². The number of carbonyl (C=O) groups excluding carboxylic acids is 1. The van der Waals surface area contributed by atoms with Crippen molar-refractivity contribution in [3.63, 3.8) is 0 Å². The molecule has 0 spiro atoms. The van der Waals surface area contributed by atoms with Crippen LogP contribution in [0.2, 0.25) is 0 Å². The Hall–Kier alpha value is -1.42. The van der Waals surface area contributed by atoms with Crippen molar-refractivity contribution in [2.75, 3.05) is 79.7 Å². The standard InChI is InChI=1S/C21H42N6O3/c1-5-22-20(24-16-21(2,29)17-26-12-14-30-15-13-26)23-9-7-11-27-10-6-8-18(27)19(28)25(3)4/h18,29H,5-17H2,1-4H3,(H2,22,23,24). The van der Waals surface area contributed by atoms with Crippen molar-refractivity contribution >= 4 is 11.9 Å². The highest BCUT2D eigenvalue weighted by atomic mass is 16.5. The topological polar surface area (TPSA) is 92.7 Å². The zero-order valence-electron chi connectivity index (χ0n) is 19.3. The number of ether oxygens (including phenoxy) is 1. The second-order valence-electron chi connectivity index (χ2n) is 8.79. The summed E-state index contributed by atoms with van der Waals surface area (Å²) in [6.45, 7) is 11.4. The van der Waals surface area contributed by atoms with Gasteiger partial charge >= 0.3 is 0 Å². The molecule has 0 bridgehead atoms. The molecule has 9 nitrogen and oxygen atoms in total. The molecule has 2 aliphatic heterocycles. The number of nitrogens with zero attached hydrogens (tertiary/aromatic N) is 4. The molecule has 9 heteroatoms. The summed E-state index contributed by atoms with van der Waals surface area (Å²) >= 11 is 0. The van der Waals surface area contributed by atoms with Gasteiger partial charge in [-0.1, -0.05) is 0 Å². The summed E-state index contributed by atoms with van der Waals surface area (Å²) in [6.07, 6.45) is 2.97. The van der Waals surface area contributed by atoms with Crippen LogP contribution in [0.25, 0.3) is 0 Å². The largest absolute Gasteiger partial charge is 0.387 e. The first kappa shape index (κ1) is 24.8. The lowest BCUT2D eigenvalue weighted by Gasteiger charge is -2.33. The van der Waals surface area contributed by atoms with E-state index in [1.807, 2.05) is 27.9 Å². The molecule has 174 valence electrons. The van der Waals surface area contributed by atoms with E-state index in [4.69, 9.17) is 4.74 Å². The molecule has 2 atom stereocenters. The first-order valence-electron chi connectivity index (χ1n) is 11.3. The molecule has 2 aliphatic rings. The maximum Gasteiger partial charge on any atom is 0.239 e. The summed E-state index contributed by atoms with van der Waals surface area (Å²) in [6, 6.07) is 0.0252. The highest BCUT2D eigenvalue weighted by Gasteiger charge is 2.31. The third-order valence-electron chi connectivity index (χ3n) is 5.59. The van der Waals surface area contributed by atoms with Crippen LogP contribution in [0, 0.1) is 0 Å². The molecule has 0 aliphatic carbocycles. The monoisotopic (exact) mass is 426 g/mol. The molecule has 0 radical (unpaired) electrons. The van der Waals surface area contributed by atoms with Gasteiger partial charge in [0.15, 0.2) is 5.96 Å². The Bertz CT molecular complexity index is 549. The molecule has 3 N–H and O–H groups in total. The number of guanidine groups is 1. The fourth-order valence-corrected chi connectivity index (χ4v) is 4.04. The van der Waals surface area contributed by atoms with Crippen molar-refractivity contribution < 1.29 is 14.6 Å². The van der Waals surface area contributed by atoms with E-state index in [0.29, 0.717) is 13.1 Å². The molecule has 2 saturated heterocycles. The van der Waals surface area contributed by atoms with Crippen LogP contribution >= 0.6 is 0 Å². The fourth-order valence-electron chi connectivity index (χ4n) is 4.04. The first-order valence-corrected chi connectivity index (χ1v) is 11.3. The molecule has 0 saturated carbocycles. The Kier molecular flexibility index (Phi) is 10.3. The summed E-state index contributed by atoms with van der Waals surface area (Å²) in [5, 5.41) is 17.3. The van der Waals surface area contributed by atoms with Crippen molar-refractivity contribution in [2.45, 2.75) is 44.8 Å². The third-order valence-corrected chi connectivity index (χ3v) is 5.59. The van der Waals surface area contributed by atoms with Gasteiger partial charge in [0.25, 0.3) is 0 Å². The number of likely N-dealkylation sites (tertiary alicyclic amines) is 1. The molecule has 0 aromatic rings. The van der Waals surface area contributed by atoms with E-state index in [2.05, 4.69) is 25.4 Å². The van der Waals surface area contributed by atoms with Gasteiger partial charge in [-0.25, -0.2) is 0 Å². The minimum atomic E-state index is -0.880. The van der Waals surface area contributed by atoms with Crippen LogP contribution in [0.15, 0.2) is 4.99 Å². The zero-order valence-corrected chi connectivity index (χ0v) is 19.3. The lowest BCUT2D eigenvalue weighted by atomic mass is 10.1. The average Bonchev–Trinajstić information content (AvgIpc) is 3.17. The van der Waals surface area contributed by atoms with Gasteiger partial charge in [-0.3, -0.25) is 19.6 Å². The number of aliphatic imine (C=N–C) groups is 1. The lowest BCUT2D eigenvalue weighted by Crippen LogP contribution is -2.48. The van der Waals surface area contributed by atoms with Crippen LogP contribution in [-0.2, 0) is 9.53 Å². The van der Waals surface area contributed by atoms with Crippen molar-refractivity contribution in [3.05, 3.63) is 0 Å². The lowest BCUT2D eigenvalue weighted by molar-refractivity contribution is -0.133. The highest BCUT2D eigenvalue weighted by molar-refractivity contribution is 5.81. The summed E-state index contributed by atoms with van der Waals surface area (Å²) in [5.41, 5.74) is -0.880. The van der Waals surface area contributed by atoms with Gasteiger partial charge in [-0.05, 0) is 39.7 Å².